The Kier molecular flexibility index (Phi) is 6.24. The van der Waals surface area contributed by atoms with Crippen molar-refractivity contribution in [3.63, 3.8) is 0 Å². The first kappa shape index (κ1) is 19.1. The van der Waals surface area contributed by atoms with Gasteiger partial charge in [-0.3, -0.25) is 9.67 Å². The molecule has 0 saturated heterocycles. The summed E-state index contributed by atoms with van der Waals surface area (Å²) in [5, 5.41) is 11.1. The number of nitrogens with one attached hydrogen (secondary N) is 1. The van der Waals surface area contributed by atoms with E-state index >= 15 is 0 Å². The van der Waals surface area contributed by atoms with Crippen molar-refractivity contribution in [3.05, 3.63) is 66.2 Å². The molecule has 0 spiro atoms. The molecular weight excluding hydrogens is 348 g/mol. The van der Waals surface area contributed by atoms with Crippen LogP contribution in [0.4, 0.5) is 8.78 Å². The maximum atomic E-state index is 14.5. The van der Waals surface area contributed by atoms with Crippen LogP contribution < -0.4 is 5.32 Å². The van der Waals surface area contributed by atoms with E-state index in [1.807, 2.05) is 25.4 Å². The van der Waals surface area contributed by atoms with Gasteiger partial charge < -0.3 is 5.32 Å². The number of pyridine rings is 1. The maximum Gasteiger partial charge on any atom is 0.273 e. The Labute approximate surface area is 157 Å². The number of nitrogens with zero attached hydrogens (tertiary/aromatic N) is 4. The number of benzene rings is 1. The van der Waals surface area contributed by atoms with Crippen molar-refractivity contribution in [1.29, 1.82) is 0 Å². The van der Waals surface area contributed by atoms with Crippen LogP contribution >= 0.6 is 0 Å². The van der Waals surface area contributed by atoms with Crippen molar-refractivity contribution in [1.82, 2.24) is 25.3 Å². The molecule has 27 heavy (non-hydrogen) atoms. The molecule has 1 N–H and O–H groups in total. The fraction of sp³-hybridized carbons (Fsp3) is 0.350. The number of rotatable bonds is 9. The predicted molar refractivity (Wildman–Crippen MR) is 100 cm³/mol. The molecule has 3 rings (SSSR count). The SMILES string of the molecule is CNCCc1cn(CCCC(F)(F)c2ccc(-c3cccnc3)cc2)nn1. The van der Waals surface area contributed by atoms with E-state index in [1.165, 1.54) is 12.1 Å². The Bertz CT molecular complexity index is 831. The number of likely N-dealkylation sites (N-methyl/N-ethyl adjacent to an activating group) is 1. The summed E-state index contributed by atoms with van der Waals surface area (Å²) in [6, 6.07) is 10.1. The standard InChI is InChI=1S/C20H23F2N5/c1-23-12-9-19-15-27(26-25-19)13-3-10-20(21,22)18-7-5-16(6-8-18)17-4-2-11-24-14-17/h2,4-8,11,14-15,23H,3,9-10,12-13H2,1H3. The van der Waals surface area contributed by atoms with E-state index in [9.17, 15) is 8.78 Å². The molecular formula is C20H23F2N5. The lowest BCUT2D eigenvalue weighted by Gasteiger charge is -2.17. The van der Waals surface area contributed by atoms with E-state index in [4.69, 9.17) is 0 Å². The molecule has 1 aromatic carbocycles. The van der Waals surface area contributed by atoms with E-state index in [0.717, 1.165) is 29.8 Å². The van der Waals surface area contributed by atoms with E-state index < -0.39 is 5.92 Å². The molecule has 3 aromatic rings. The average Bonchev–Trinajstić information content (AvgIpc) is 3.15. The minimum Gasteiger partial charge on any atom is -0.319 e. The van der Waals surface area contributed by atoms with Crippen LogP contribution in [0.5, 0.6) is 0 Å². The lowest BCUT2D eigenvalue weighted by atomic mass is 10.00. The molecule has 0 amide bonds. The van der Waals surface area contributed by atoms with Gasteiger partial charge in [0.05, 0.1) is 5.69 Å². The van der Waals surface area contributed by atoms with Crippen molar-refractivity contribution in [2.45, 2.75) is 31.7 Å². The second kappa shape index (κ2) is 8.81. The normalized spacial score (nSPS) is 11.7. The highest BCUT2D eigenvalue weighted by Gasteiger charge is 2.30. The van der Waals surface area contributed by atoms with Gasteiger partial charge in [0.15, 0.2) is 0 Å². The molecule has 0 atom stereocenters. The zero-order valence-electron chi connectivity index (χ0n) is 15.3. The van der Waals surface area contributed by atoms with Crippen molar-refractivity contribution < 1.29 is 8.78 Å². The smallest absolute Gasteiger partial charge is 0.273 e. The highest BCUT2D eigenvalue weighted by Crippen LogP contribution is 2.34. The quantitative estimate of drug-likeness (QED) is 0.623. The van der Waals surface area contributed by atoms with Crippen LogP contribution in [0.2, 0.25) is 0 Å². The third kappa shape index (κ3) is 5.17. The molecule has 142 valence electrons. The number of halogens is 2. The molecule has 2 aromatic heterocycles. The first-order valence-electron chi connectivity index (χ1n) is 9.01. The Morgan fingerprint density at radius 2 is 1.93 bits per heavy atom. The zero-order chi connectivity index (χ0) is 19.1. The summed E-state index contributed by atoms with van der Waals surface area (Å²) in [4.78, 5) is 4.05. The first-order chi connectivity index (χ1) is 13.1. The van der Waals surface area contributed by atoms with Crippen LogP contribution in [0.15, 0.2) is 55.0 Å². The number of hydrogen-bond acceptors (Lipinski definition) is 4. The molecule has 5 nitrogen and oxygen atoms in total. The number of hydrogen-bond donors (Lipinski definition) is 1. The fourth-order valence-electron chi connectivity index (χ4n) is 2.86. The second-order valence-electron chi connectivity index (χ2n) is 6.45. The van der Waals surface area contributed by atoms with Gasteiger partial charge in [0.2, 0.25) is 0 Å². The van der Waals surface area contributed by atoms with Crippen LogP contribution in [0.25, 0.3) is 11.1 Å². The van der Waals surface area contributed by atoms with E-state index in [1.54, 1.807) is 29.2 Å². The van der Waals surface area contributed by atoms with Crippen LogP contribution in [0.3, 0.4) is 0 Å². The molecule has 7 heteroatoms. The summed E-state index contributed by atoms with van der Waals surface area (Å²) in [6.07, 6.45) is 6.09. The van der Waals surface area contributed by atoms with Gasteiger partial charge in [-0.2, -0.15) is 0 Å². The van der Waals surface area contributed by atoms with Gasteiger partial charge in [0.25, 0.3) is 5.92 Å². The zero-order valence-corrected chi connectivity index (χ0v) is 15.3. The molecule has 0 aliphatic carbocycles. The predicted octanol–water partition coefficient (Wildman–Crippen LogP) is 3.67. The molecule has 0 radical (unpaired) electrons. The Hall–Kier alpha value is -2.67. The summed E-state index contributed by atoms with van der Waals surface area (Å²) >= 11 is 0. The van der Waals surface area contributed by atoms with Crippen LogP contribution in [-0.4, -0.2) is 33.6 Å². The second-order valence-corrected chi connectivity index (χ2v) is 6.45. The lowest BCUT2D eigenvalue weighted by Crippen LogP contribution is -2.14. The highest BCUT2D eigenvalue weighted by molar-refractivity contribution is 5.62. The van der Waals surface area contributed by atoms with Gasteiger partial charge in [0.1, 0.15) is 0 Å². The van der Waals surface area contributed by atoms with E-state index in [0.29, 0.717) is 13.0 Å². The molecule has 0 fully saturated rings. The Balaban J connectivity index is 1.55. The van der Waals surface area contributed by atoms with Crippen molar-refractivity contribution in [2.24, 2.45) is 0 Å². The molecule has 0 aliphatic heterocycles. The maximum absolute atomic E-state index is 14.5. The summed E-state index contributed by atoms with van der Waals surface area (Å²) in [6.45, 7) is 1.24. The van der Waals surface area contributed by atoms with Crippen LogP contribution in [-0.2, 0) is 18.9 Å². The van der Waals surface area contributed by atoms with Gasteiger partial charge in [-0.15, -0.1) is 5.10 Å². The van der Waals surface area contributed by atoms with Gasteiger partial charge in [-0.1, -0.05) is 35.5 Å². The van der Waals surface area contributed by atoms with Gasteiger partial charge in [-0.05, 0) is 30.7 Å². The molecule has 2 heterocycles. The number of aryl methyl sites for hydroxylation is 1. The minimum atomic E-state index is -2.87. The topological polar surface area (TPSA) is 55.6 Å². The van der Waals surface area contributed by atoms with Gasteiger partial charge in [0, 0.05) is 50.1 Å². The largest absolute Gasteiger partial charge is 0.319 e. The first-order valence-corrected chi connectivity index (χ1v) is 9.01. The fourth-order valence-corrected chi connectivity index (χ4v) is 2.86. The number of aromatic nitrogens is 4. The van der Waals surface area contributed by atoms with E-state index in [-0.39, 0.29) is 12.0 Å². The van der Waals surface area contributed by atoms with Crippen LogP contribution in [0, 0.1) is 0 Å². The summed E-state index contributed by atoms with van der Waals surface area (Å²) in [7, 11) is 1.87. The third-order valence-corrected chi connectivity index (χ3v) is 4.40. The molecule has 0 saturated carbocycles. The Morgan fingerprint density at radius 3 is 2.63 bits per heavy atom. The summed E-state index contributed by atoms with van der Waals surface area (Å²) in [5.41, 5.74) is 2.68. The molecule has 0 aliphatic rings. The van der Waals surface area contributed by atoms with Crippen LogP contribution in [0.1, 0.15) is 24.1 Å². The highest BCUT2D eigenvalue weighted by atomic mass is 19.3. The monoisotopic (exact) mass is 371 g/mol. The lowest BCUT2D eigenvalue weighted by molar-refractivity contribution is -0.0164. The minimum absolute atomic E-state index is 0.0310. The molecule has 0 bridgehead atoms. The Morgan fingerprint density at radius 1 is 1.11 bits per heavy atom. The summed E-state index contributed by atoms with van der Waals surface area (Å²) in [5.74, 6) is -2.87. The van der Waals surface area contributed by atoms with Crippen molar-refractivity contribution >= 4 is 0 Å². The van der Waals surface area contributed by atoms with Gasteiger partial charge >= 0.3 is 0 Å². The third-order valence-electron chi connectivity index (χ3n) is 4.40. The van der Waals surface area contributed by atoms with Gasteiger partial charge in [-0.25, -0.2) is 8.78 Å². The average molecular weight is 371 g/mol. The van der Waals surface area contributed by atoms with E-state index in [2.05, 4.69) is 20.6 Å². The van der Waals surface area contributed by atoms with Crippen molar-refractivity contribution in [2.75, 3.05) is 13.6 Å². The summed E-state index contributed by atoms with van der Waals surface area (Å²) < 4.78 is 30.6. The number of alkyl halides is 2. The molecule has 0 unspecified atom stereocenters. The van der Waals surface area contributed by atoms with Crippen molar-refractivity contribution in [3.8, 4) is 11.1 Å².